The molecule has 8 heteroatoms. The molecule has 0 nitrogen and oxygen atoms in total. The molecule has 0 radical (unpaired) electrons. The van der Waals surface area contributed by atoms with Crippen molar-refractivity contribution >= 4 is 40.7 Å². The van der Waals surface area contributed by atoms with Crippen molar-refractivity contribution in [2.24, 2.45) is 0 Å². The van der Waals surface area contributed by atoms with Crippen LogP contribution in [0.1, 0.15) is 0 Å². The minimum absolute atomic E-state index is 0.864. The van der Waals surface area contributed by atoms with Gasteiger partial charge in [0.2, 0.25) is 0 Å². The van der Waals surface area contributed by atoms with Gasteiger partial charge in [-0.05, 0) is 0 Å². The number of hydrogen-bond donors (Lipinski definition) is 0. The molecule has 0 heterocycles. The molecule has 0 unspecified atom stereocenters. The summed E-state index contributed by atoms with van der Waals surface area (Å²) in [4.78, 5) is 0. The third kappa shape index (κ3) is 8.68. The molecule has 0 saturated carbocycles. The zero-order chi connectivity index (χ0) is 15.3. The van der Waals surface area contributed by atoms with Gasteiger partial charge in [0.1, 0.15) is 0 Å². The van der Waals surface area contributed by atoms with Gasteiger partial charge in [-0.2, -0.15) is 0 Å². The van der Waals surface area contributed by atoms with Gasteiger partial charge in [0.05, 0.1) is 0 Å². The molecule has 20 heavy (non-hydrogen) atoms. The molecule has 0 bridgehead atoms. The minimum atomic E-state index is -9.19. The predicted molar refractivity (Wildman–Crippen MR) is 76.7 cm³/mol. The first kappa shape index (κ1) is 17.6. The predicted octanol–water partition coefficient (Wildman–Crippen LogP) is 5.84. The molecule has 0 N–H and O–H groups in total. The number of rotatable bonds is 2. The van der Waals surface area contributed by atoms with Crippen LogP contribution in [-0.4, -0.2) is 20.3 Å². The van der Waals surface area contributed by atoms with E-state index in [9.17, 15) is 16.9 Å². The average Bonchev–Trinajstić information content (AvgIpc) is 2.37. The summed E-state index contributed by atoms with van der Waals surface area (Å²) >= 11 is -11.8. The van der Waals surface area contributed by atoms with Crippen molar-refractivity contribution < 1.29 is 16.9 Å². The Balaban J connectivity index is 0.000000286. The summed E-state index contributed by atoms with van der Waals surface area (Å²) in [5, 5.41) is 0. The molecule has 0 aliphatic carbocycles. The van der Waals surface area contributed by atoms with Gasteiger partial charge in [-0.3, -0.25) is 0 Å². The first-order valence-electron chi connectivity index (χ1n) is 5.19. The second-order valence-corrected chi connectivity index (χ2v) is 11.0. The summed E-state index contributed by atoms with van der Waals surface area (Å²) in [5.74, 6) is 0. The molecule has 0 aliphatic heterocycles. The Bertz CT molecular complexity index is 469. The second-order valence-electron chi connectivity index (χ2n) is 3.47. The Morgan fingerprint density at radius 1 is 0.600 bits per heavy atom. The van der Waals surface area contributed by atoms with Crippen LogP contribution in [0.25, 0.3) is 0 Å². The van der Waals surface area contributed by atoms with Gasteiger partial charge >= 0.3 is 125 Å². The zero-order valence-electron chi connectivity index (χ0n) is 9.87. The van der Waals surface area contributed by atoms with E-state index in [1.807, 2.05) is 60.7 Å². The molecule has 0 aromatic heterocycles. The van der Waals surface area contributed by atoms with Gasteiger partial charge in [0, 0.05) is 0 Å². The van der Waals surface area contributed by atoms with Crippen molar-refractivity contribution in [1.29, 1.82) is 0 Å². The van der Waals surface area contributed by atoms with Crippen molar-refractivity contribution in [3.63, 3.8) is 0 Å². The van der Waals surface area contributed by atoms with Gasteiger partial charge < -0.3 is 0 Å². The van der Waals surface area contributed by atoms with Crippen LogP contribution < -0.4 is 0 Å². The Morgan fingerprint density at radius 3 is 1.10 bits per heavy atom. The second kappa shape index (κ2) is 7.02. The Kier molecular flexibility index (Phi) is 6.19. The molecule has 112 valence electrons. The van der Waals surface area contributed by atoms with Gasteiger partial charge in [0.25, 0.3) is 0 Å². The molecule has 2 aromatic rings. The molecule has 2 rings (SSSR count). The summed E-state index contributed by atoms with van der Waals surface area (Å²) in [7, 11) is 0. The SMILES string of the molecule is FI(c1ccccc1)c1ccccc1.[F][Sb]([F])([F])([F])[F]. The summed E-state index contributed by atoms with van der Waals surface area (Å²) < 4.78 is 65.3. The molecule has 0 saturated heterocycles. The van der Waals surface area contributed by atoms with Crippen LogP contribution in [0.2, 0.25) is 0 Å². The van der Waals surface area contributed by atoms with Crippen LogP contribution in [0, 0.1) is 7.14 Å². The maximum atomic E-state index is 14.0. The van der Waals surface area contributed by atoms with Crippen LogP contribution in [-0.2, 0) is 0 Å². The van der Waals surface area contributed by atoms with Crippen molar-refractivity contribution in [3.05, 3.63) is 67.8 Å². The van der Waals surface area contributed by atoms with Crippen molar-refractivity contribution in [3.8, 4) is 0 Å². The van der Waals surface area contributed by atoms with E-state index >= 15 is 0 Å². The van der Waals surface area contributed by atoms with Crippen LogP contribution >= 0.6 is 20.4 Å². The zero-order valence-corrected chi connectivity index (χ0v) is 14.6. The van der Waals surface area contributed by atoms with Crippen LogP contribution in [0.3, 0.4) is 0 Å². The summed E-state index contributed by atoms with van der Waals surface area (Å²) in [6.45, 7) is 0. The van der Waals surface area contributed by atoms with E-state index in [4.69, 9.17) is 0 Å². The van der Waals surface area contributed by atoms with E-state index in [2.05, 4.69) is 0 Å². The Labute approximate surface area is 125 Å². The Hall–Kier alpha value is -0.432. The van der Waals surface area contributed by atoms with E-state index in [0.29, 0.717) is 0 Å². The summed E-state index contributed by atoms with van der Waals surface area (Å²) in [6, 6.07) is 18.9. The molecular formula is C12H10F6ISb. The molecule has 0 amide bonds. The summed E-state index contributed by atoms with van der Waals surface area (Å²) in [5.41, 5.74) is 0. The molecule has 0 fully saturated rings. The standard InChI is InChI=1S/C12H10FI.5FH.Sb/c13-14(11-7-3-1-4-8-11)12-9-5-2-6-10-12;;;;;;/h1-10H;5*1H;/q;;;;;;+5/p-5. The van der Waals surface area contributed by atoms with Crippen LogP contribution in [0.5, 0.6) is 0 Å². The molecule has 0 atom stereocenters. The molecule has 0 aliphatic rings. The molecule has 2 aromatic carbocycles. The van der Waals surface area contributed by atoms with Crippen molar-refractivity contribution in [2.45, 2.75) is 0 Å². The first-order chi connectivity index (χ1) is 9.11. The quantitative estimate of drug-likeness (QED) is 0.267. The van der Waals surface area contributed by atoms with Crippen molar-refractivity contribution in [2.75, 3.05) is 0 Å². The molecular weight excluding hydrogens is 507 g/mol. The van der Waals surface area contributed by atoms with E-state index in [0.717, 1.165) is 7.14 Å². The van der Waals surface area contributed by atoms with Gasteiger partial charge in [-0.1, -0.05) is 0 Å². The van der Waals surface area contributed by atoms with E-state index < -0.39 is 40.7 Å². The summed E-state index contributed by atoms with van der Waals surface area (Å²) in [6.07, 6.45) is 0. The van der Waals surface area contributed by atoms with Gasteiger partial charge in [0.15, 0.2) is 0 Å². The monoisotopic (exact) mass is 516 g/mol. The number of halogens is 7. The molecule has 0 spiro atoms. The van der Waals surface area contributed by atoms with E-state index in [-0.39, 0.29) is 0 Å². The average molecular weight is 517 g/mol. The third-order valence-corrected chi connectivity index (χ3v) is 5.47. The van der Waals surface area contributed by atoms with E-state index in [1.54, 1.807) is 0 Å². The normalized spacial score (nSPS) is 13.5. The van der Waals surface area contributed by atoms with Crippen LogP contribution in [0.15, 0.2) is 60.7 Å². The first-order valence-corrected chi connectivity index (χ1v) is 13.0. The number of hydrogen-bond acceptors (Lipinski definition) is 0. The van der Waals surface area contributed by atoms with Crippen molar-refractivity contribution in [1.82, 2.24) is 0 Å². The van der Waals surface area contributed by atoms with Gasteiger partial charge in [-0.25, -0.2) is 0 Å². The third-order valence-electron chi connectivity index (χ3n) is 1.85. The number of benzene rings is 2. The maximum absolute atomic E-state index is 14.0. The Morgan fingerprint density at radius 2 is 0.850 bits per heavy atom. The van der Waals surface area contributed by atoms with E-state index in [1.165, 1.54) is 0 Å². The fourth-order valence-corrected chi connectivity index (χ4v) is 3.99. The van der Waals surface area contributed by atoms with Crippen LogP contribution in [0.4, 0.5) is 16.9 Å². The fourth-order valence-electron chi connectivity index (χ4n) is 1.18. The topological polar surface area (TPSA) is 0 Å². The fraction of sp³-hybridized carbons (Fsp3) is 0. The van der Waals surface area contributed by atoms with Gasteiger partial charge in [-0.15, -0.1) is 0 Å².